The van der Waals surface area contributed by atoms with Crippen molar-refractivity contribution in [3.8, 4) is 0 Å². The zero-order valence-electron chi connectivity index (χ0n) is 16.3. The second-order valence-corrected chi connectivity index (χ2v) is 7.66. The summed E-state index contributed by atoms with van der Waals surface area (Å²) in [6.07, 6.45) is 1.66. The number of carbonyl (C=O) groups is 1. The zero-order chi connectivity index (χ0) is 20.1. The highest BCUT2D eigenvalue weighted by atomic mass is 35.5. The van der Waals surface area contributed by atoms with Gasteiger partial charge in [0, 0.05) is 32.2 Å². The van der Waals surface area contributed by atoms with E-state index >= 15 is 0 Å². The first kappa shape index (κ1) is 20.4. The topological polar surface area (TPSA) is 70.5 Å². The number of piperazine rings is 1. The van der Waals surface area contributed by atoms with Gasteiger partial charge in [0.25, 0.3) is 5.56 Å². The number of hydrogen-bond donors (Lipinski definition) is 1. The molecule has 8 heteroatoms. The van der Waals surface area contributed by atoms with Crippen LogP contribution < -0.4 is 15.8 Å². The molecule has 0 aliphatic carbocycles. The predicted octanol–water partition coefficient (Wildman–Crippen LogP) is 1.59. The Labute approximate surface area is 169 Å². The molecule has 28 heavy (non-hydrogen) atoms. The standard InChI is InChI=1S/C20H26ClN5O2/c1-15(2)23-18(27)14-24-8-10-25(11-9-24)17-12-22-26(20(28)19(17)21)13-16-6-4-3-5-7-16/h3-7,12,15H,8-11,13-14H2,1-2H3,(H,23,27). The van der Waals surface area contributed by atoms with Crippen LogP contribution in [0.25, 0.3) is 0 Å². The molecule has 0 unspecified atom stereocenters. The molecule has 1 amide bonds. The minimum atomic E-state index is -0.290. The van der Waals surface area contributed by atoms with E-state index in [-0.39, 0.29) is 22.5 Å². The zero-order valence-corrected chi connectivity index (χ0v) is 17.0. The maximum absolute atomic E-state index is 12.6. The van der Waals surface area contributed by atoms with Crippen LogP contribution in [0.4, 0.5) is 5.69 Å². The van der Waals surface area contributed by atoms with Gasteiger partial charge in [-0.05, 0) is 19.4 Å². The lowest BCUT2D eigenvalue weighted by molar-refractivity contribution is -0.122. The average Bonchev–Trinajstić information content (AvgIpc) is 2.67. The number of nitrogens with one attached hydrogen (secondary N) is 1. The molecule has 1 aromatic carbocycles. The fourth-order valence-corrected chi connectivity index (χ4v) is 3.53. The van der Waals surface area contributed by atoms with Gasteiger partial charge in [0.15, 0.2) is 0 Å². The minimum absolute atomic E-state index is 0.0339. The van der Waals surface area contributed by atoms with Gasteiger partial charge in [-0.15, -0.1) is 0 Å². The van der Waals surface area contributed by atoms with Gasteiger partial charge in [0.05, 0.1) is 25.0 Å². The Morgan fingerprint density at radius 1 is 1.18 bits per heavy atom. The number of amides is 1. The molecule has 3 rings (SSSR count). The maximum Gasteiger partial charge on any atom is 0.287 e. The maximum atomic E-state index is 12.6. The van der Waals surface area contributed by atoms with E-state index in [9.17, 15) is 9.59 Å². The Balaban J connectivity index is 1.63. The summed E-state index contributed by atoms with van der Waals surface area (Å²) in [5.74, 6) is 0.0339. The van der Waals surface area contributed by atoms with Crippen LogP contribution >= 0.6 is 11.6 Å². The highest BCUT2D eigenvalue weighted by molar-refractivity contribution is 6.33. The van der Waals surface area contributed by atoms with Crippen molar-refractivity contribution in [1.29, 1.82) is 0 Å². The van der Waals surface area contributed by atoms with Crippen LogP contribution in [-0.2, 0) is 11.3 Å². The normalized spacial score (nSPS) is 15.1. The quantitative estimate of drug-likeness (QED) is 0.793. The van der Waals surface area contributed by atoms with E-state index in [0.29, 0.717) is 31.9 Å². The Hall–Kier alpha value is -2.38. The summed E-state index contributed by atoms with van der Waals surface area (Å²) >= 11 is 6.38. The number of halogens is 1. The Bertz CT molecular complexity index is 861. The Morgan fingerprint density at radius 2 is 1.86 bits per heavy atom. The van der Waals surface area contributed by atoms with E-state index < -0.39 is 0 Å². The molecule has 2 aromatic rings. The van der Waals surface area contributed by atoms with Gasteiger partial charge in [0.2, 0.25) is 5.91 Å². The van der Waals surface area contributed by atoms with Crippen LogP contribution in [0.2, 0.25) is 5.02 Å². The van der Waals surface area contributed by atoms with E-state index in [4.69, 9.17) is 11.6 Å². The van der Waals surface area contributed by atoms with Crippen molar-refractivity contribution in [3.05, 3.63) is 57.5 Å². The molecule has 1 saturated heterocycles. The van der Waals surface area contributed by atoms with Gasteiger partial charge in [-0.3, -0.25) is 14.5 Å². The van der Waals surface area contributed by atoms with Crippen molar-refractivity contribution in [1.82, 2.24) is 20.0 Å². The number of benzene rings is 1. The van der Waals surface area contributed by atoms with E-state index in [1.807, 2.05) is 44.2 Å². The molecule has 0 atom stereocenters. The molecule has 1 fully saturated rings. The third-order valence-electron chi connectivity index (χ3n) is 4.67. The molecule has 1 N–H and O–H groups in total. The summed E-state index contributed by atoms with van der Waals surface area (Å²) in [6.45, 7) is 7.52. The predicted molar refractivity (Wildman–Crippen MR) is 111 cm³/mol. The molecule has 7 nitrogen and oxygen atoms in total. The van der Waals surface area contributed by atoms with Crippen LogP contribution in [0.15, 0.2) is 41.3 Å². The fraction of sp³-hybridized carbons (Fsp3) is 0.450. The van der Waals surface area contributed by atoms with Crippen LogP contribution in [0.3, 0.4) is 0 Å². The lowest BCUT2D eigenvalue weighted by atomic mass is 10.2. The van der Waals surface area contributed by atoms with Crippen LogP contribution in [0, 0.1) is 0 Å². The minimum Gasteiger partial charge on any atom is -0.366 e. The number of aromatic nitrogens is 2. The fourth-order valence-electron chi connectivity index (χ4n) is 3.26. The van der Waals surface area contributed by atoms with Gasteiger partial charge in [-0.1, -0.05) is 41.9 Å². The van der Waals surface area contributed by atoms with Gasteiger partial charge >= 0.3 is 0 Å². The molecule has 150 valence electrons. The monoisotopic (exact) mass is 403 g/mol. The molecule has 0 radical (unpaired) electrons. The highest BCUT2D eigenvalue weighted by Gasteiger charge is 2.22. The largest absolute Gasteiger partial charge is 0.366 e. The summed E-state index contributed by atoms with van der Waals surface area (Å²) in [6, 6.07) is 9.83. The summed E-state index contributed by atoms with van der Waals surface area (Å²) in [7, 11) is 0. The van der Waals surface area contributed by atoms with Crippen molar-refractivity contribution >= 4 is 23.2 Å². The van der Waals surface area contributed by atoms with Crippen molar-refractivity contribution in [2.45, 2.75) is 26.4 Å². The van der Waals surface area contributed by atoms with Crippen LogP contribution in [-0.4, -0.2) is 59.4 Å². The van der Waals surface area contributed by atoms with E-state index in [1.165, 1.54) is 4.68 Å². The number of anilines is 1. The van der Waals surface area contributed by atoms with Crippen molar-refractivity contribution < 1.29 is 4.79 Å². The van der Waals surface area contributed by atoms with Crippen molar-refractivity contribution in [2.24, 2.45) is 0 Å². The van der Waals surface area contributed by atoms with Crippen LogP contribution in [0.5, 0.6) is 0 Å². The number of rotatable bonds is 6. The summed E-state index contributed by atoms with van der Waals surface area (Å²) in [5.41, 5.74) is 1.36. The molecule has 0 saturated carbocycles. The Morgan fingerprint density at radius 3 is 2.50 bits per heavy atom. The molecule has 1 aromatic heterocycles. The molecule has 0 spiro atoms. The molecule has 2 heterocycles. The van der Waals surface area contributed by atoms with Gasteiger partial charge in [-0.2, -0.15) is 5.10 Å². The van der Waals surface area contributed by atoms with E-state index in [2.05, 4.69) is 20.2 Å². The molecule has 0 bridgehead atoms. The summed E-state index contributed by atoms with van der Waals surface area (Å²) in [4.78, 5) is 28.7. The number of nitrogens with zero attached hydrogens (tertiary/aromatic N) is 4. The summed E-state index contributed by atoms with van der Waals surface area (Å²) in [5, 5.41) is 7.41. The average molecular weight is 404 g/mol. The lowest BCUT2D eigenvalue weighted by Gasteiger charge is -2.35. The van der Waals surface area contributed by atoms with Gasteiger partial charge in [0.1, 0.15) is 5.02 Å². The van der Waals surface area contributed by atoms with E-state index in [0.717, 1.165) is 18.7 Å². The number of carbonyl (C=O) groups excluding carboxylic acids is 1. The smallest absolute Gasteiger partial charge is 0.287 e. The first-order valence-electron chi connectivity index (χ1n) is 9.50. The van der Waals surface area contributed by atoms with E-state index in [1.54, 1.807) is 6.20 Å². The van der Waals surface area contributed by atoms with Crippen molar-refractivity contribution in [3.63, 3.8) is 0 Å². The van der Waals surface area contributed by atoms with Gasteiger partial charge in [-0.25, -0.2) is 4.68 Å². The number of hydrogen-bond acceptors (Lipinski definition) is 5. The second-order valence-electron chi connectivity index (χ2n) is 7.28. The van der Waals surface area contributed by atoms with Crippen molar-refractivity contribution in [2.75, 3.05) is 37.6 Å². The second kappa shape index (κ2) is 9.21. The van der Waals surface area contributed by atoms with Gasteiger partial charge < -0.3 is 10.2 Å². The molecule has 1 aliphatic rings. The third kappa shape index (κ3) is 5.11. The first-order chi connectivity index (χ1) is 13.4. The lowest BCUT2D eigenvalue weighted by Crippen LogP contribution is -2.50. The molecular formula is C20H26ClN5O2. The first-order valence-corrected chi connectivity index (χ1v) is 9.88. The summed E-state index contributed by atoms with van der Waals surface area (Å²) < 4.78 is 1.38. The van der Waals surface area contributed by atoms with Crippen LogP contribution in [0.1, 0.15) is 19.4 Å². The SMILES string of the molecule is CC(C)NC(=O)CN1CCN(c2cnn(Cc3ccccc3)c(=O)c2Cl)CC1. The molecule has 1 aliphatic heterocycles. The Kier molecular flexibility index (Phi) is 6.70. The third-order valence-corrected chi connectivity index (χ3v) is 5.03. The molecular weight excluding hydrogens is 378 g/mol. The highest BCUT2D eigenvalue weighted by Crippen LogP contribution is 2.22.